The second-order valence-corrected chi connectivity index (χ2v) is 13.8. The number of thiophene rings is 1. The number of halogens is 1. The van der Waals surface area contributed by atoms with Gasteiger partial charge < -0.3 is 14.7 Å². The molecule has 0 amide bonds. The highest BCUT2D eigenvalue weighted by molar-refractivity contribution is 7.18. The molecule has 0 bridgehead atoms. The molecule has 2 aliphatic carbocycles. The van der Waals surface area contributed by atoms with Crippen LogP contribution in [0.3, 0.4) is 0 Å². The van der Waals surface area contributed by atoms with E-state index in [1.807, 2.05) is 0 Å². The van der Waals surface area contributed by atoms with Gasteiger partial charge in [-0.15, -0.1) is 11.3 Å². The SMILES string of the molecule is Cc1nc2cnc(N3CCN(C4CC4)C4(CC4)C3)c(C#N)c2c(=O)n1CCOc1ccc(Cl)cc1-c1ccnc2c(C(=O)O)csc12. The Labute approximate surface area is 278 Å². The number of hydrogen-bond donors (Lipinski definition) is 1. The number of carbonyl (C=O) groups is 1. The summed E-state index contributed by atoms with van der Waals surface area (Å²) in [6.45, 7) is 4.60. The number of ether oxygens (including phenoxy) is 1. The van der Waals surface area contributed by atoms with E-state index in [9.17, 15) is 20.0 Å². The van der Waals surface area contributed by atoms with Crippen LogP contribution in [0.25, 0.3) is 32.2 Å². The molecule has 1 saturated heterocycles. The van der Waals surface area contributed by atoms with Gasteiger partial charge in [-0.2, -0.15) is 5.26 Å². The van der Waals surface area contributed by atoms with Crippen molar-refractivity contribution in [1.82, 2.24) is 24.4 Å². The molecule has 0 unspecified atom stereocenters. The van der Waals surface area contributed by atoms with Crippen molar-refractivity contribution in [2.24, 2.45) is 0 Å². The number of fused-ring (bicyclic) bond motifs is 2. The second-order valence-electron chi connectivity index (χ2n) is 12.5. The summed E-state index contributed by atoms with van der Waals surface area (Å²) in [5.41, 5.74) is 2.49. The molecule has 1 aliphatic heterocycles. The number of aromatic nitrogens is 4. The van der Waals surface area contributed by atoms with E-state index in [1.165, 1.54) is 24.2 Å². The largest absolute Gasteiger partial charge is 0.491 e. The number of aryl methyl sites for hydroxylation is 1. The van der Waals surface area contributed by atoms with Crippen LogP contribution in [0, 0.1) is 18.3 Å². The van der Waals surface area contributed by atoms with Crippen molar-refractivity contribution in [1.29, 1.82) is 5.26 Å². The lowest BCUT2D eigenvalue weighted by atomic mass is 10.0. The fourth-order valence-corrected chi connectivity index (χ4v) is 8.22. The first-order valence-corrected chi connectivity index (χ1v) is 16.9. The maximum Gasteiger partial charge on any atom is 0.338 e. The second kappa shape index (κ2) is 11.3. The first kappa shape index (κ1) is 29.8. The summed E-state index contributed by atoms with van der Waals surface area (Å²) < 4.78 is 8.49. The highest BCUT2D eigenvalue weighted by Gasteiger charge is 2.55. The van der Waals surface area contributed by atoms with Crippen LogP contribution < -0.4 is 15.2 Å². The van der Waals surface area contributed by atoms with Crippen LogP contribution in [0.2, 0.25) is 5.02 Å². The number of anilines is 1. The molecule has 11 nitrogen and oxygen atoms in total. The van der Waals surface area contributed by atoms with E-state index in [4.69, 9.17) is 16.3 Å². The molecule has 0 radical (unpaired) electrons. The van der Waals surface area contributed by atoms with Gasteiger partial charge in [-0.3, -0.25) is 19.2 Å². The molecule has 13 heteroatoms. The Morgan fingerprint density at radius 3 is 2.79 bits per heavy atom. The highest BCUT2D eigenvalue weighted by Crippen LogP contribution is 2.50. The number of pyridine rings is 2. The van der Waals surface area contributed by atoms with Gasteiger partial charge in [-0.1, -0.05) is 11.6 Å². The summed E-state index contributed by atoms with van der Waals surface area (Å²) in [6.07, 6.45) is 8.02. The Morgan fingerprint density at radius 1 is 1.21 bits per heavy atom. The molecule has 238 valence electrons. The van der Waals surface area contributed by atoms with Crippen molar-refractivity contribution in [3.63, 3.8) is 0 Å². The molecule has 8 rings (SSSR count). The monoisotopic (exact) mass is 667 g/mol. The standard InChI is InChI=1S/C34H30ClN7O4S/c1-19-39-26-16-38-31(40-10-11-42(21-3-4-21)34(18-40)7-8-34)24(15-36)28(26)32(43)41(19)12-13-46-27-5-2-20(35)14-23(27)22-6-9-37-29-25(33(44)45)17-47-30(22)29/h2,5-6,9,14,16-17,21H,3-4,7-8,10-13,18H2,1H3,(H,44,45). The maximum absolute atomic E-state index is 14.0. The van der Waals surface area contributed by atoms with E-state index in [1.54, 1.807) is 53.5 Å². The average molecular weight is 668 g/mol. The molecule has 5 heterocycles. The molecule has 2 saturated carbocycles. The van der Waals surface area contributed by atoms with E-state index in [0.29, 0.717) is 49.8 Å². The molecule has 1 N–H and O–H groups in total. The number of hydrogen-bond acceptors (Lipinski definition) is 10. The van der Waals surface area contributed by atoms with Gasteiger partial charge in [-0.05, 0) is 56.9 Å². The zero-order valence-electron chi connectivity index (χ0n) is 25.6. The molecule has 1 aromatic carbocycles. The van der Waals surface area contributed by atoms with E-state index < -0.39 is 5.97 Å². The topological polar surface area (TPSA) is 137 Å². The van der Waals surface area contributed by atoms with Crippen molar-refractivity contribution in [2.75, 3.05) is 31.1 Å². The van der Waals surface area contributed by atoms with Crippen LogP contribution in [-0.2, 0) is 6.54 Å². The third-order valence-electron chi connectivity index (χ3n) is 9.59. The van der Waals surface area contributed by atoms with Gasteiger partial charge in [-0.25, -0.2) is 14.8 Å². The number of carboxylic acids is 1. The maximum atomic E-state index is 14.0. The van der Waals surface area contributed by atoms with Crippen molar-refractivity contribution < 1.29 is 14.6 Å². The first-order valence-electron chi connectivity index (χ1n) is 15.6. The van der Waals surface area contributed by atoms with Crippen LogP contribution in [0.4, 0.5) is 5.82 Å². The van der Waals surface area contributed by atoms with Gasteiger partial charge in [0, 0.05) is 58.9 Å². The van der Waals surface area contributed by atoms with Crippen LogP contribution in [0.5, 0.6) is 5.75 Å². The van der Waals surface area contributed by atoms with Crippen molar-refractivity contribution in [2.45, 2.75) is 50.7 Å². The van der Waals surface area contributed by atoms with E-state index in [2.05, 4.69) is 30.8 Å². The molecule has 5 aromatic rings. The quantitative estimate of drug-likeness (QED) is 0.226. The van der Waals surface area contributed by atoms with Crippen LogP contribution in [0.15, 0.2) is 46.8 Å². The molecule has 0 atom stereocenters. The fourth-order valence-electron chi connectivity index (χ4n) is 7.02. The number of carboxylic acid groups (broad SMARTS) is 1. The van der Waals surface area contributed by atoms with Crippen LogP contribution >= 0.6 is 22.9 Å². The third-order valence-corrected chi connectivity index (χ3v) is 10.8. The Hall–Kier alpha value is -4.57. The predicted octanol–water partition coefficient (Wildman–Crippen LogP) is 5.50. The fraction of sp³-hybridized carbons (Fsp3) is 0.353. The predicted molar refractivity (Wildman–Crippen MR) is 180 cm³/mol. The minimum Gasteiger partial charge on any atom is -0.491 e. The number of nitrogens with zero attached hydrogens (tertiary/aromatic N) is 7. The number of rotatable bonds is 8. The summed E-state index contributed by atoms with van der Waals surface area (Å²) in [5, 5.41) is 22.3. The molecule has 47 heavy (non-hydrogen) atoms. The minimum absolute atomic E-state index is 0.132. The average Bonchev–Trinajstić information content (AvgIpc) is 4.00. The van der Waals surface area contributed by atoms with Gasteiger partial charge in [0.15, 0.2) is 0 Å². The smallest absolute Gasteiger partial charge is 0.338 e. The molecular formula is C34H30ClN7O4S. The third kappa shape index (κ3) is 5.10. The zero-order valence-corrected chi connectivity index (χ0v) is 27.1. The molecule has 4 aromatic heterocycles. The number of nitriles is 1. The first-order chi connectivity index (χ1) is 22.8. The van der Waals surface area contributed by atoms with Gasteiger partial charge in [0.2, 0.25) is 0 Å². The van der Waals surface area contributed by atoms with Crippen molar-refractivity contribution in [3.8, 4) is 22.9 Å². The summed E-state index contributed by atoms with van der Waals surface area (Å²) in [7, 11) is 0. The molecule has 1 spiro atoms. The van der Waals surface area contributed by atoms with E-state index in [-0.39, 0.29) is 40.8 Å². The zero-order chi connectivity index (χ0) is 32.4. The number of benzene rings is 1. The summed E-state index contributed by atoms with van der Waals surface area (Å²) in [5.74, 6) is 0.529. The van der Waals surface area contributed by atoms with Crippen LogP contribution in [-0.4, -0.2) is 73.3 Å². The van der Waals surface area contributed by atoms with Gasteiger partial charge >= 0.3 is 5.97 Å². The van der Waals surface area contributed by atoms with E-state index in [0.717, 1.165) is 38.0 Å². The number of piperazine rings is 1. The van der Waals surface area contributed by atoms with Crippen molar-refractivity contribution >= 4 is 55.8 Å². The van der Waals surface area contributed by atoms with Crippen LogP contribution in [0.1, 0.15) is 47.4 Å². The van der Waals surface area contributed by atoms with Gasteiger partial charge in [0.05, 0.1) is 39.4 Å². The molecule has 3 aliphatic rings. The minimum atomic E-state index is -1.04. The lowest BCUT2D eigenvalue weighted by Crippen LogP contribution is -2.56. The Balaban J connectivity index is 1.09. The van der Waals surface area contributed by atoms with E-state index >= 15 is 0 Å². The van der Waals surface area contributed by atoms with Crippen molar-refractivity contribution in [3.05, 3.63) is 74.4 Å². The lowest BCUT2D eigenvalue weighted by Gasteiger charge is -2.43. The summed E-state index contributed by atoms with van der Waals surface area (Å²) in [6, 6.07) is 10.0. The molecule has 3 fully saturated rings. The lowest BCUT2D eigenvalue weighted by molar-refractivity contribution is 0.0699. The summed E-state index contributed by atoms with van der Waals surface area (Å²) >= 11 is 7.68. The Kier molecular flexibility index (Phi) is 7.16. The summed E-state index contributed by atoms with van der Waals surface area (Å²) in [4.78, 5) is 44.2. The number of aromatic carboxylic acids is 1. The molecular weight excluding hydrogens is 638 g/mol. The Morgan fingerprint density at radius 2 is 2.04 bits per heavy atom. The Bertz CT molecular complexity index is 2200. The highest BCUT2D eigenvalue weighted by atomic mass is 35.5. The normalized spacial score (nSPS) is 17.3. The van der Waals surface area contributed by atoms with Gasteiger partial charge in [0.25, 0.3) is 5.56 Å². The van der Waals surface area contributed by atoms with Gasteiger partial charge in [0.1, 0.15) is 35.6 Å².